The minimum atomic E-state index is -0.878. The van der Waals surface area contributed by atoms with Gasteiger partial charge in [0.05, 0.1) is 19.3 Å². The van der Waals surface area contributed by atoms with Gasteiger partial charge in [0.2, 0.25) is 0 Å². The van der Waals surface area contributed by atoms with Crippen LogP contribution in [0.25, 0.3) is 0 Å². The Morgan fingerprint density at radius 3 is 2.75 bits per heavy atom. The van der Waals surface area contributed by atoms with Gasteiger partial charge >= 0.3 is 0 Å². The summed E-state index contributed by atoms with van der Waals surface area (Å²) >= 11 is 0. The van der Waals surface area contributed by atoms with Gasteiger partial charge in [-0.3, -0.25) is 0 Å². The molecule has 0 amide bonds. The fourth-order valence-electron chi connectivity index (χ4n) is 2.60. The first kappa shape index (κ1) is 16.6. The van der Waals surface area contributed by atoms with E-state index in [9.17, 15) is 8.78 Å². The van der Waals surface area contributed by atoms with Crippen molar-refractivity contribution in [1.29, 1.82) is 0 Å². The van der Waals surface area contributed by atoms with Gasteiger partial charge in [-0.25, -0.2) is 18.7 Å². The van der Waals surface area contributed by atoms with Crippen molar-refractivity contribution in [2.24, 2.45) is 0 Å². The van der Waals surface area contributed by atoms with E-state index in [0.717, 1.165) is 6.07 Å². The first-order valence-corrected chi connectivity index (χ1v) is 7.83. The van der Waals surface area contributed by atoms with Gasteiger partial charge in [0.1, 0.15) is 6.10 Å². The molecule has 0 N–H and O–H groups in total. The van der Waals surface area contributed by atoms with Gasteiger partial charge in [-0.15, -0.1) is 0 Å². The normalized spacial score (nSPS) is 18.0. The van der Waals surface area contributed by atoms with Crippen LogP contribution < -0.4 is 9.64 Å². The molecule has 5 nitrogen and oxygen atoms in total. The topological polar surface area (TPSA) is 47.5 Å². The van der Waals surface area contributed by atoms with E-state index in [0.29, 0.717) is 37.0 Å². The molecule has 1 aromatic carbocycles. The minimum Gasteiger partial charge on any atom is -0.472 e. The molecule has 1 unspecified atom stereocenters. The third kappa shape index (κ3) is 3.62. The zero-order chi connectivity index (χ0) is 17.1. The van der Waals surface area contributed by atoms with E-state index in [1.807, 2.05) is 18.7 Å². The summed E-state index contributed by atoms with van der Waals surface area (Å²) in [6, 6.07) is 3.82. The van der Waals surface area contributed by atoms with Gasteiger partial charge < -0.3 is 14.4 Å². The molecular formula is C17H19F2N3O2. The molecule has 0 radical (unpaired) electrons. The van der Waals surface area contributed by atoms with Gasteiger partial charge in [0.25, 0.3) is 5.88 Å². The Morgan fingerprint density at radius 1 is 1.21 bits per heavy atom. The molecule has 1 aromatic heterocycles. The molecular weight excluding hydrogens is 316 g/mol. The highest BCUT2D eigenvalue weighted by Gasteiger charge is 2.26. The number of hydrogen-bond acceptors (Lipinski definition) is 5. The smallest absolute Gasteiger partial charge is 0.257 e. The lowest BCUT2D eigenvalue weighted by Crippen LogP contribution is -2.39. The monoisotopic (exact) mass is 335 g/mol. The first-order valence-electron chi connectivity index (χ1n) is 7.83. The van der Waals surface area contributed by atoms with Crippen LogP contribution >= 0.6 is 0 Å². The zero-order valence-corrected chi connectivity index (χ0v) is 13.6. The van der Waals surface area contributed by atoms with Crippen LogP contribution in [0, 0.1) is 11.6 Å². The molecule has 0 aliphatic carbocycles. The summed E-state index contributed by atoms with van der Waals surface area (Å²) in [4.78, 5) is 10.6. The number of hydrogen-bond donors (Lipinski definition) is 0. The van der Waals surface area contributed by atoms with Crippen molar-refractivity contribution in [3.8, 4) is 5.88 Å². The number of aromatic nitrogens is 2. The molecule has 0 spiro atoms. The number of ether oxygens (including phenoxy) is 2. The van der Waals surface area contributed by atoms with E-state index in [1.54, 1.807) is 12.4 Å². The molecule has 1 aliphatic rings. The molecule has 1 fully saturated rings. The molecule has 7 heteroatoms. The van der Waals surface area contributed by atoms with Gasteiger partial charge in [-0.1, -0.05) is 6.07 Å². The van der Waals surface area contributed by atoms with E-state index in [4.69, 9.17) is 9.47 Å². The van der Waals surface area contributed by atoms with E-state index >= 15 is 0 Å². The van der Waals surface area contributed by atoms with E-state index in [1.165, 1.54) is 12.1 Å². The molecule has 2 heterocycles. The SMILES string of the molecule is CC(C)Oc1nccnc1N1CCOC(c2ccc(F)c(F)c2)C1. The maximum atomic E-state index is 13.5. The van der Waals surface area contributed by atoms with Crippen molar-refractivity contribution in [3.63, 3.8) is 0 Å². The molecule has 24 heavy (non-hydrogen) atoms. The molecule has 3 rings (SSSR count). The van der Waals surface area contributed by atoms with E-state index in [2.05, 4.69) is 9.97 Å². The third-order valence-corrected chi connectivity index (χ3v) is 3.68. The minimum absolute atomic E-state index is 0.0246. The maximum Gasteiger partial charge on any atom is 0.257 e. The summed E-state index contributed by atoms with van der Waals surface area (Å²) in [7, 11) is 0. The fraction of sp³-hybridized carbons (Fsp3) is 0.412. The number of benzene rings is 1. The summed E-state index contributed by atoms with van der Waals surface area (Å²) in [5.41, 5.74) is 0.591. The van der Waals surface area contributed by atoms with Crippen LogP contribution in [0.2, 0.25) is 0 Å². The number of halogens is 2. The van der Waals surface area contributed by atoms with Crippen molar-refractivity contribution in [2.75, 3.05) is 24.6 Å². The predicted octanol–water partition coefficient (Wildman–Crippen LogP) is 3.12. The van der Waals surface area contributed by atoms with Gasteiger partial charge in [-0.05, 0) is 31.5 Å². The summed E-state index contributed by atoms with van der Waals surface area (Å²) in [6.45, 7) is 5.36. The summed E-state index contributed by atoms with van der Waals surface area (Å²) in [6.07, 6.45) is 2.78. The zero-order valence-electron chi connectivity index (χ0n) is 13.6. The Hall–Kier alpha value is -2.28. The Labute approximate surface area is 139 Å². The summed E-state index contributed by atoms with van der Waals surface area (Å²) < 4.78 is 38.0. The van der Waals surface area contributed by atoms with Crippen molar-refractivity contribution in [3.05, 3.63) is 47.8 Å². The Balaban J connectivity index is 1.82. The average molecular weight is 335 g/mol. The molecule has 1 saturated heterocycles. The number of morpholine rings is 1. The lowest BCUT2D eigenvalue weighted by molar-refractivity contribution is 0.0389. The molecule has 0 bridgehead atoms. The van der Waals surface area contributed by atoms with Crippen LogP contribution in [0.4, 0.5) is 14.6 Å². The average Bonchev–Trinajstić information content (AvgIpc) is 2.57. The highest BCUT2D eigenvalue weighted by atomic mass is 19.2. The van der Waals surface area contributed by atoms with Gasteiger partial charge in [0, 0.05) is 18.9 Å². The number of anilines is 1. The molecule has 128 valence electrons. The van der Waals surface area contributed by atoms with E-state index < -0.39 is 11.6 Å². The lowest BCUT2D eigenvalue weighted by atomic mass is 10.1. The largest absolute Gasteiger partial charge is 0.472 e. The number of rotatable bonds is 4. The van der Waals surface area contributed by atoms with Crippen LogP contribution in [-0.2, 0) is 4.74 Å². The highest BCUT2D eigenvalue weighted by Crippen LogP contribution is 2.30. The van der Waals surface area contributed by atoms with E-state index in [-0.39, 0.29) is 12.2 Å². The maximum absolute atomic E-state index is 13.5. The van der Waals surface area contributed by atoms with Crippen molar-refractivity contribution < 1.29 is 18.3 Å². The Kier molecular flexibility index (Phi) is 4.89. The fourth-order valence-corrected chi connectivity index (χ4v) is 2.60. The molecule has 2 aromatic rings. The highest BCUT2D eigenvalue weighted by molar-refractivity contribution is 5.48. The molecule has 1 atom stereocenters. The Bertz CT molecular complexity index is 712. The van der Waals surface area contributed by atoms with Crippen LogP contribution in [-0.4, -0.2) is 35.8 Å². The second-order valence-electron chi connectivity index (χ2n) is 5.83. The summed E-state index contributed by atoms with van der Waals surface area (Å²) in [5, 5.41) is 0. The van der Waals surface area contributed by atoms with Crippen molar-refractivity contribution in [1.82, 2.24) is 9.97 Å². The second-order valence-corrected chi connectivity index (χ2v) is 5.83. The van der Waals surface area contributed by atoms with Gasteiger partial charge in [-0.2, -0.15) is 0 Å². The quantitative estimate of drug-likeness (QED) is 0.859. The third-order valence-electron chi connectivity index (χ3n) is 3.68. The number of nitrogens with zero attached hydrogens (tertiary/aromatic N) is 3. The van der Waals surface area contributed by atoms with Crippen LogP contribution in [0.5, 0.6) is 5.88 Å². The predicted molar refractivity (Wildman–Crippen MR) is 85.1 cm³/mol. The van der Waals surface area contributed by atoms with Gasteiger partial charge in [0.15, 0.2) is 17.5 Å². The molecule has 0 saturated carbocycles. The Morgan fingerprint density at radius 2 is 2.00 bits per heavy atom. The summed E-state index contributed by atoms with van der Waals surface area (Å²) in [5.74, 6) is -0.662. The molecule has 1 aliphatic heterocycles. The standard InChI is InChI=1S/C17H19F2N3O2/c1-11(2)24-17-16(20-5-6-21-17)22-7-8-23-15(10-22)12-3-4-13(18)14(19)9-12/h3-6,9,11,15H,7-8,10H2,1-2H3. The van der Waals surface area contributed by atoms with Crippen LogP contribution in [0.15, 0.2) is 30.6 Å². The van der Waals surface area contributed by atoms with Crippen LogP contribution in [0.1, 0.15) is 25.5 Å². The lowest BCUT2D eigenvalue weighted by Gasteiger charge is -2.34. The van der Waals surface area contributed by atoms with Crippen LogP contribution in [0.3, 0.4) is 0 Å². The van der Waals surface area contributed by atoms with Crippen molar-refractivity contribution >= 4 is 5.82 Å². The second kappa shape index (κ2) is 7.09. The van der Waals surface area contributed by atoms with Crippen molar-refractivity contribution in [2.45, 2.75) is 26.1 Å². The first-order chi connectivity index (χ1) is 11.5.